The summed E-state index contributed by atoms with van der Waals surface area (Å²) >= 11 is 0. The first kappa shape index (κ1) is 23.8. The van der Waals surface area contributed by atoms with Gasteiger partial charge in [0.05, 0.1) is 33.3 Å². The van der Waals surface area contributed by atoms with Crippen molar-refractivity contribution < 1.29 is 41.7 Å². The van der Waals surface area contributed by atoms with E-state index in [1.165, 1.54) is 33.5 Å². The van der Waals surface area contributed by atoms with Gasteiger partial charge in [0.15, 0.2) is 18.1 Å². The number of rotatable bonds is 9. The van der Waals surface area contributed by atoms with Crippen molar-refractivity contribution >= 4 is 11.9 Å². The molecule has 1 amide bonds. The summed E-state index contributed by atoms with van der Waals surface area (Å²) in [6, 6.07) is 7.40. The Balaban J connectivity index is 1.86. The van der Waals surface area contributed by atoms with Gasteiger partial charge in [-0.05, 0) is 23.8 Å². The number of carbonyl (C=O) groups is 2. The zero-order valence-corrected chi connectivity index (χ0v) is 17.2. The Morgan fingerprint density at radius 3 is 2.03 bits per heavy atom. The van der Waals surface area contributed by atoms with Crippen molar-refractivity contribution in [3.63, 3.8) is 0 Å². The minimum atomic E-state index is -4.45. The molecule has 10 heteroatoms. The Morgan fingerprint density at radius 2 is 1.48 bits per heavy atom. The molecule has 0 unspecified atom stereocenters. The lowest BCUT2D eigenvalue weighted by molar-refractivity contribution is -0.147. The maximum atomic E-state index is 12.6. The zero-order chi connectivity index (χ0) is 23.0. The van der Waals surface area contributed by atoms with Crippen LogP contribution in [0.1, 0.15) is 16.7 Å². The number of benzene rings is 2. The summed E-state index contributed by atoms with van der Waals surface area (Å²) in [5.41, 5.74) is 0.146. The lowest BCUT2D eigenvalue weighted by Crippen LogP contribution is -2.28. The molecule has 0 aliphatic rings. The number of nitrogens with one attached hydrogen (secondary N) is 1. The molecule has 0 heterocycles. The number of halogens is 3. The zero-order valence-electron chi connectivity index (χ0n) is 17.2. The lowest BCUT2D eigenvalue weighted by Gasteiger charge is -2.14. The van der Waals surface area contributed by atoms with Crippen LogP contribution in [0.4, 0.5) is 13.2 Å². The molecule has 0 radical (unpaired) electrons. The Kier molecular flexibility index (Phi) is 8.12. The molecule has 1 N–H and O–H groups in total. The highest BCUT2D eigenvalue weighted by molar-refractivity contribution is 5.81. The average Bonchev–Trinajstić information content (AvgIpc) is 2.75. The fraction of sp³-hybridized carbons (Fsp3) is 0.333. The average molecular weight is 441 g/mol. The standard InChI is InChI=1S/C21H22F3NO6/c1-28-16-10-18(30-3)17(29-2)9-14(16)11-25-19(26)12-31-20(27)8-13-4-6-15(7-5-13)21(22,23)24/h4-7,9-10H,8,11-12H2,1-3H3,(H,25,26). The molecule has 2 aromatic carbocycles. The Morgan fingerprint density at radius 1 is 0.903 bits per heavy atom. The maximum absolute atomic E-state index is 12.6. The second kappa shape index (κ2) is 10.6. The van der Waals surface area contributed by atoms with Crippen LogP contribution in [0.3, 0.4) is 0 Å². The van der Waals surface area contributed by atoms with Gasteiger partial charge < -0.3 is 24.3 Å². The number of carbonyl (C=O) groups excluding carboxylic acids is 2. The molecule has 0 fully saturated rings. The molecular formula is C21H22F3NO6. The first-order chi connectivity index (χ1) is 14.7. The van der Waals surface area contributed by atoms with Crippen molar-refractivity contribution in [3.05, 3.63) is 53.1 Å². The molecule has 7 nitrogen and oxygen atoms in total. The predicted molar refractivity (Wildman–Crippen MR) is 104 cm³/mol. The van der Waals surface area contributed by atoms with E-state index in [0.717, 1.165) is 12.1 Å². The third-order valence-corrected chi connectivity index (χ3v) is 4.26. The van der Waals surface area contributed by atoms with Crippen LogP contribution < -0.4 is 19.5 Å². The van der Waals surface area contributed by atoms with Gasteiger partial charge in [0, 0.05) is 18.2 Å². The number of alkyl halides is 3. The summed E-state index contributed by atoms with van der Waals surface area (Å²) in [6.45, 7) is -0.451. The number of hydrogen-bond acceptors (Lipinski definition) is 6. The van der Waals surface area contributed by atoms with Gasteiger partial charge in [-0.15, -0.1) is 0 Å². The third-order valence-electron chi connectivity index (χ3n) is 4.26. The van der Waals surface area contributed by atoms with Gasteiger partial charge in [0.2, 0.25) is 0 Å². The lowest BCUT2D eigenvalue weighted by atomic mass is 10.1. The molecule has 0 atom stereocenters. The number of hydrogen-bond donors (Lipinski definition) is 1. The maximum Gasteiger partial charge on any atom is 0.416 e. The van der Waals surface area contributed by atoms with Gasteiger partial charge in [0.1, 0.15) is 5.75 Å². The summed E-state index contributed by atoms with van der Waals surface area (Å²) in [7, 11) is 4.43. The van der Waals surface area contributed by atoms with Crippen LogP contribution in [0, 0.1) is 0 Å². The van der Waals surface area contributed by atoms with Crippen molar-refractivity contribution in [1.29, 1.82) is 0 Å². The van der Waals surface area contributed by atoms with Crippen LogP contribution in [0.25, 0.3) is 0 Å². The fourth-order valence-electron chi connectivity index (χ4n) is 2.65. The van der Waals surface area contributed by atoms with E-state index in [-0.39, 0.29) is 13.0 Å². The van der Waals surface area contributed by atoms with Crippen LogP contribution in [-0.2, 0) is 33.5 Å². The van der Waals surface area contributed by atoms with Crippen LogP contribution in [0.15, 0.2) is 36.4 Å². The summed E-state index contributed by atoms with van der Waals surface area (Å²) in [6.07, 6.45) is -4.71. The molecule has 31 heavy (non-hydrogen) atoms. The van der Waals surface area contributed by atoms with E-state index in [1.807, 2.05) is 0 Å². The van der Waals surface area contributed by atoms with Crippen LogP contribution >= 0.6 is 0 Å². The molecule has 0 saturated carbocycles. The van der Waals surface area contributed by atoms with Gasteiger partial charge in [-0.3, -0.25) is 9.59 Å². The van der Waals surface area contributed by atoms with Gasteiger partial charge in [0.25, 0.3) is 5.91 Å². The first-order valence-electron chi connectivity index (χ1n) is 9.05. The highest BCUT2D eigenvalue weighted by atomic mass is 19.4. The molecule has 0 aliphatic heterocycles. The third kappa shape index (κ3) is 6.80. The van der Waals surface area contributed by atoms with E-state index in [1.54, 1.807) is 12.1 Å². The Bertz CT molecular complexity index is 913. The second-order valence-corrected chi connectivity index (χ2v) is 6.33. The summed E-state index contributed by atoms with van der Waals surface area (Å²) < 4.78 is 58.2. The molecule has 168 valence electrons. The summed E-state index contributed by atoms with van der Waals surface area (Å²) in [5, 5.41) is 2.59. The van der Waals surface area contributed by atoms with Crippen molar-refractivity contribution in [2.45, 2.75) is 19.1 Å². The molecule has 0 saturated heterocycles. The number of esters is 1. The molecule has 0 aromatic heterocycles. The highest BCUT2D eigenvalue weighted by Crippen LogP contribution is 2.34. The number of amides is 1. The van der Waals surface area contributed by atoms with E-state index in [9.17, 15) is 22.8 Å². The molecule has 2 aromatic rings. The van der Waals surface area contributed by atoms with Crippen molar-refractivity contribution in [3.8, 4) is 17.2 Å². The van der Waals surface area contributed by atoms with Crippen molar-refractivity contribution in [2.24, 2.45) is 0 Å². The smallest absolute Gasteiger partial charge is 0.416 e. The molecular weight excluding hydrogens is 419 g/mol. The monoisotopic (exact) mass is 441 g/mol. The minimum Gasteiger partial charge on any atom is -0.496 e. The van der Waals surface area contributed by atoms with Gasteiger partial charge in [-0.25, -0.2) is 0 Å². The number of methoxy groups -OCH3 is 3. The molecule has 0 aliphatic carbocycles. The van der Waals surface area contributed by atoms with Gasteiger partial charge in [-0.2, -0.15) is 13.2 Å². The normalized spacial score (nSPS) is 10.9. The first-order valence-corrected chi connectivity index (χ1v) is 9.05. The molecule has 0 bridgehead atoms. The molecule has 2 rings (SSSR count). The number of ether oxygens (including phenoxy) is 4. The van der Waals surface area contributed by atoms with E-state index in [2.05, 4.69) is 5.32 Å². The van der Waals surface area contributed by atoms with Crippen LogP contribution in [0.2, 0.25) is 0 Å². The minimum absolute atomic E-state index is 0.0822. The summed E-state index contributed by atoms with van der Waals surface area (Å²) in [4.78, 5) is 23.8. The Labute approximate surface area is 177 Å². The Hall–Kier alpha value is -3.43. The quantitative estimate of drug-likeness (QED) is 0.602. The van der Waals surface area contributed by atoms with Crippen LogP contribution in [-0.4, -0.2) is 39.8 Å². The highest BCUT2D eigenvalue weighted by Gasteiger charge is 2.30. The topological polar surface area (TPSA) is 83.1 Å². The van der Waals surface area contributed by atoms with E-state index >= 15 is 0 Å². The van der Waals surface area contributed by atoms with Gasteiger partial charge >= 0.3 is 12.1 Å². The van der Waals surface area contributed by atoms with E-state index in [0.29, 0.717) is 28.4 Å². The van der Waals surface area contributed by atoms with Crippen molar-refractivity contribution in [1.82, 2.24) is 5.32 Å². The predicted octanol–water partition coefficient (Wildman–Crippen LogP) is 3.13. The van der Waals surface area contributed by atoms with E-state index in [4.69, 9.17) is 18.9 Å². The molecule has 0 spiro atoms. The second-order valence-electron chi connectivity index (χ2n) is 6.33. The summed E-state index contributed by atoms with van der Waals surface area (Å²) in [5.74, 6) is 0.0932. The van der Waals surface area contributed by atoms with E-state index < -0.39 is 30.2 Å². The van der Waals surface area contributed by atoms with Crippen molar-refractivity contribution in [2.75, 3.05) is 27.9 Å². The largest absolute Gasteiger partial charge is 0.496 e. The SMILES string of the molecule is COc1cc(OC)c(OC)cc1CNC(=O)COC(=O)Cc1ccc(C(F)(F)F)cc1. The van der Waals surface area contributed by atoms with Crippen LogP contribution in [0.5, 0.6) is 17.2 Å². The van der Waals surface area contributed by atoms with Gasteiger partial charge in [-0.1, -0.05) is 12.1 Å². The fourth-order valence-corrected chi connectivity index (χ4v) is 2.65.